The third-order valence-electron chi connectivity index (χ3n) is 1.89. The first-order chi connectivity index (χ1) is 8.11. The SMILES string of the molecule is CCOc1c(C(=O)NC#N)cccc1[N+](=O)[O-]. The van der Waals surface area contributed by atoms with Crippen LogP contribution in [0.5, 0.6) is 5.75 Å². The van der Waals surface area contributed by atoms with E-state index in [1.165, 1.54) is 24.4 Å². The van der Waals surface area contributed by atoms with Crippen molar-refractivity contribution < 1.29 is 14.5 Å². The fraction of sp³-hybridized carbons (Fsp3) is 0.200. The number of carbonyl (C=O) groups excluding carboxylic acids is 1. The lowest BCUT2D eigenvalue weighted by molar-refractivity contribution is -0.385. The molecular weight excluding hydrogens is 226 g/mol. The fourth-order valence-corrected chi connectivity index (χ4v) is 1.26. The van der Waals surface area contributed by atoms with Gasteiger partial charge in [-0.2, -0.15) is 5.26 Å². The van der Waals surface area contributed by atoms with Crippen LogP contribution in [0.3, 0.4) is 0 Å². The number of ether oxygens (including phenoxy) is 1. The topological polar surface area (TPSA) is 105 Å². The van der Waals surface area contributed by atoms with E-state index in [0.29, 0.717) is 0 Å². The number of hydrogen-bond donors (Lipinski definition) is 1. The van der Waals surface area contributed by atoms with E-state index in [-0.39, 0.29) is 23.6 Å². The van der Waals surface area contributed by atoms with Crippen molar-refractivity contribution in [2.45, 2.75) is 6.92 Å². The highest BCUT2D eigenvalue weighted by Gasteiger charge is 2.22. The van der Waals surface area contributed by atoms with Gasteiger partial charge in [0.2, 0.25) is 5.75 Å². The second kappa shape index (κ2) is 5.46. The van der Waals surface area contributed by atoms with E-state index >= 15 is 0 Å². The molecule has 0 saturated heterocycles. The van der Waals surface area contributed by atoms with Crippen molar-refractivity contribution in [3.63, 3.8) is 0 Å². The largest absolute Gasteiger partial charge is 0.487 e. The maximum absolute atomic E-state index is 11.5. The monoisotopic (exact) mass is 235 g/mol. The molecule has 1 amide bonds. The van der Waals surface area contributed by atoms with E-state index in [0.717, 1.165) is 0 Å². The Bertz CT molecular complexity index is 493. The normalized spacial score (nSPS) is 9.18. The minimum absolute atomic E-state index is 0.0393. The van der Waals surface area contributed by atoms with Gasteiger partial charge in [-0.3, -0.25) is 20.2 Å². The van der Waals surface area contributed by atoms with Crippen LogP contribution >= 0.6 is 0 Å². The fourth-order valence-electron chi connectivity index (χ4n) is 1.26. The zero-order valence-corrected chi connectivity index (χ0v) is 8.97. The first kappa shape index (κ1) is 12.4. The van der Waals surface area contributed by atoms with Crippen molar-refractivity contribution in [2.24, 2.45) is 0 Å². The molecule has 0 heterocycles. The van der Waals surface area contributed by atoms with Gasteiger partial charge < -0.3 is 4.74 Å². The number of hydrogen-bond acceptors (Lipinski definition) is 5. The molecule has 17 heavy (non-hydrogen) atoms. The highest BCUT2D eigenvalue weighted by atomic mass is 16.6. The van der Waals surface area contributed by atoms with Crippen molar-refractivity contribution in [3.8, 4) is 11.9 Å². The van der Waals surface area contributed by atoms with Crippen LogP contribution in [0.4, 0.5) is 5.69 Å². The van der Waals surface area contributed by atoms with Gasteiger partial charge in [0.05, 0.1) is 17.1 Å². The number of amides is 1. The minimum atomic E-state index is -0.736. The number of nitro groups is 1. The Labute approximate surface area is 96.8 Å². The van der Waals surface area contributed by atoms with Crippen LogP contribution in [0.1, 0.15) is 17.3 Å². The molecule has 0 aromatic heterocycles. The molecule has 0 aliphatic carbocycles. The molecule has 0 bridgehead atoms. The van der Waals surface area contributed by atoms with Gasteiger partial charge in [-0.25, -0.2) is 0 Å². The van der Waals surface area contributed by atoms with E-state index in [4.69, 9.17) is 10.00 Å². The Kier molecular flexibility index (Phi) is 4.00. The molecule has 0 radical (unpaired) electrons. The molecule has 1 N–H and O–H groups in total. The predicted molar refractivity (Wildman–Crippen MR) is 57.3 cm³/mol. The first-order valence-electron chi connectivity index (χ1n) is 4.71. The molecule has 0 atom stereocenters. The molecule has 7 heteroatoms. The third-order valence-corrected chi connectivity index (χ3v) is 1.89. The van der Waals surface area contributed by atoms with Crippen molar-refractivity contribution in [2.75, 3.05) is 6.61 Å². The second-order valence-corrected chi connectivity index (χ2v) is 2.91. The van der Waals surface area contributed by atoms with Crippen molar-refractivity contribution in [3.05, 3.63) is 33.9 Å². The molecule has 0 saturated carbocycles. The summed E-state index contributed by atoms with van der Waals surface area (Å²) in [4.78, 5) is 21.6. The first-order valence-corrected chi connectivity index (χ1v) is 4.71. The molecule has 0 fully saturated rings. The van der Waals surface area contributed by atoms with Gasteiger partial charge in [0.15, 0.2) is 6.19 Å². The summed E-state index contributed by atoms with van der Waals surface area (Å²) >= 11 is 0. The van der Waals surface area contributed by atoms with Gasteiger partial charge >= 0.3 is 5.69 Å². The molecule has 0 aliphatic rings. The summed E-state index contributed by atoms with van der Waals surface area (Å²) in [5, 5.41) is 21.0. The van der Waals surface area contributed by atoms with Gasteiger partial charge in [-0.05, 0) is 13.0 Å². The van der Waals surface area contributed by atoms with Crippen LogP contribution in [-0.2, 0) is 0 Å². The van der Waals surface area contributed by atoms with E-state index in [1.807, 2.05) is 5.32 Å². The lowest BCUT2D eigenvalue weighted by atomic mass is 10.1. The zero-order chi connectivity index (χ0) is 12.8. The number of nitrogens with zero attached hydrogens (tertiary/aromatic N) is 2. The molecule has 0 aliphatic heterocycles. The number of nitriles is 1. The number of nitro benzene ring substituents is 1. The smallest absolute Gasteiger partial charge is 0.311 e. The van der Waals surface area contributed by atoms with Gasteiger partial charge in [-0.1, -0.05) is 6.07 Å². The van der Waals surface area contributed by atoms with Gasteiger partial charge in [0.1, 0.15) is 0 Å². The summed E-state index contributed by atoms with van der Waals surface area (Å²) in [6.07, 6.45) is 1.46. The minimum Gasteiger partial charge on any atom is -0.487 e. The van der Waals surface area contributed by atoms with E-state index < -0.39 is 10.8 Å². The Morgan fingerprint density at radius 1 is 1.65 bits per heavy atom. The quantitative estimate of drug-likeness (QED) is 0.365. The Hall–Kier alpha value is -2.62. The van der Waals surface area contributed by atoms with Crippen LogP contribution in [0.15, 0.2) is 18.2 Å². The number of benzene rings is 1. The molecule has 1 aromatic rings. The third kappa shape index (κ3) is 2.69. The highest BCUT2D eigenvalue weighted by Crippen LogP contribution is 2.30. The maximum atomic E-state index is 11.5. The second-order valence-electron chi connectivity index (χ2n) is 2.91. The number of carbonyl (C=O) groups is 1. The summed E-state index contributed by atoms with van der Waals surface area (Å²) in [6, 6.07) is 3.94. The van der Waals surface area contributed by atoms with Crippen LogP contribution < -0.4 is 10.1 Å². The highest BCUT2D eigenvalue weighted by molar-refractivity contribution is 5.99. The summed E-state index contributed by atoms with van der Waals surface area (Å²) in [7, 11) is 0. The Morgan fingerprint density at radius 2 is 2.35 bits per heavy atom. The van der Waals surface area contributed by atoms with Gasteiger partial charge in [0, 0.05) is 6.07 Å². The zero-order valence-electron chi connectivity index (χ0n) is 8.97. The van der Waals surface area contributed by atoms with Crippen LogP contribution in [0.25, 0.3) is 0 Å². The molecule has 1 aromatic carbocycles. The molecular formula is C10H9N3O4. The summed E-state index contributed by atoms with van der Waals surface area (Å²) in [5.74, 6) is -0.868. The summed E-state index contributed by atoms with van der Waals surface area (Å²) < 4.78 is 5.08. The Balaban J connectivity index is 3.30. The molecule has 1 rings (SSSR count). The number of nitrogens with one attached hydrogen (secondary N) is 1. The molecule has 7 nitrogen and oxygen atoms in total. The van der Waals surface area contributed by atoms with E-state index in [9.17, 15) is 14.9 Å². The van der Waals surface area contributed by atoms with E-state index in [1.54, 1.807) is 6.92 Å². The van der Waals surface area contributed by atoms with Crippen LogP contribution in [-0.4, -0.2) is 17.4 Å². The molecule has 0 spiro atoms. The average molecular weight is 235 g/mol. The van der Waals surface area contributed by atoms with Crippen molar-refractivity contribution >= 4 is 11.6 Å². The van der Waals surface area contributed by atoms with Crippen molar-refractivity contribution in [1.82, 2.24) is 5.32 Å². The summed E-state index contributed by atoms with van der Waals surface area (Å²) in [6.45, 7) is 1.82. The maximum Gasteiger partial charge on any atom is 0.311 e. The standard InChI is InChI=1S/C10H9N3O4/c1-2-17-9-7(10(14)12-6-11)4-3-5-8(9)13(15)16/h3-5H,2H2,1H3,(H,12,14). The molecule has 0 unspecified atom stereocenters. The lowest BCUT2D eigenvalue weighted by Gasteiger charge is -2.08. The van der Waals surface area contributed by atoms with E-state index in [2.05, 4.69) is 0 Å². The van der Waals surface area contributed by atoms with Crippen LogP contribution in [0.2, 0.25) is 0 Å². The average Bonchev–Trinajstić information content (AvgIpc) is 2.29. The number of para-hydroxylation sites is 1. The van der Waals surface area contributed by atoms with Crippen LogP contribution in [0, 0.1) is 21.6 Å². The number of rotatable bonds is 4. The van der Waals surface area contributed by atoms with Crippen molar-refractivity contribution in [1.29, 1.82) is 5.26 Å². The molecule has 88 valence electrons. The predicted octanol–water partition coefficient (Wildman–Crippen LogP) is 1.20. The lowest BCUT2D eigenvalue weighted by Crippen LogP contribution is -2.19. The van der Waals surface area contributed by atoms with Gasteiger partial charge in [0.25, 0.3) is 5.91 Å². The van der Waals surface area contributed by atoms with Gasteiger partial charge in [-0.15, -0.1) is 0 Å². The summed E-state index contributed by atoms with van der Waals surface area (Å²) in [5.41, 5.74) is -0.347. The Morgan fingerprint density at radius 3 is 2.88 bits per heavy atom.